The van der Waals surface area contributed by atoms with E-state index in [0.717, 1.165) is 6.07 Å². The summed E-state index contributed by atoms with van der Waals surface area (Å²) in [6.07, 6.45) is -1.62. The lowest BCUT2D eigenvalue weighted by molar-refractivity contribution is -0.138. The Balaban J connectivity index is 2.10. The van der Waals surface area contributed by atoms with Gasteiger partial charge in [0.1, 0.15) is 5.82 Å². The van der Waals surface area contributed by atoms with Crippen LogP contribution < -0.4 is 16.6 Å². The smallest absolute Gasteiger partial charge is 0.340 e. The van der Waals surface area contributed by atoms with Crippen molar-refractivity contribution in [2.24, 2.45) is 5.73 Å². The highest BCUT2D eigenvalue weighted by molar-refractivity contribution is 5.92. The lowest BCUT2D eigenvalue weighted by Gasteiger charge is -2.14. The van der Waals surface area contributed by atoms with E-state index in [4.69, 9.17) is 5.73 Å². The summed E-state index contributed by atoms with van der Waals surface area (Å²) >= 11 is 0. The lowest BCUT2D eigenvalue weighted by atomic mass is 10.1. The molecule has 3 rings (SSSR count). The number of H-pyrrole nitrogens is 1. The number of nitrogens with zero attached hydrogens (tertiary/aromatic N) is 1. The number of pyridine rings is 2. The molecule has 2 aromatic heterocycles. The van der Waals surface area contributed by atoms with Crippen molar-refractivity contribution in [3.8, 4) is 0 Å². The Morgan fingerprint density at radius 2 is 2.00 bits per heavy atom. The van der Waals surface area contributed by atoms with E-state index in [0.29, 0.717) is 35.9 Å². The molecular formula is C19H19F3N4O. The molecule has 3 aromatic rings. The SMILES string of the molecule is Cc1ccc(Nc2nc(CCCN)cc3cc[nH]c(=O)c23)cc1C(F)(F)F. The van der Waals surface area contributed by atoms with Crippen LogP contribution in [0, 0.1) is 6.92 Å². The van der Waals surface area contributed by atoms with Crippen molar-refractivity contribution in [1.82, 2.24) is 9.97 Å². The number of nitrogens with one attached hydrogen (secondary N) is 2. The highest BCUT2D eigenvalue weighted by atomic mass is 19.4. The first-order chi connectivity index (χ1) is 12.8. The molecule has 2 heterocycles. The quantitative estimate of drug-likeness (QED) is 0.631. The molecule has 8 heteroatoms. The van der Waals surface area contributed by atoms with Crippen molar-refractivity contribution in [2.75, 3.05) is 11.9 Å². The molecule has 0 aliphatic heterocycles. The van der Waals surface area contributed by atoms with Crippen LogP contribution in [0.3, 0.4) is 0 Å². The summed E-state index contributed by atoms with van der Waals surface area (Å²) in [5.74, 6) is 0.221. The summed E-state index contributed by atoms with van der Waals surface area (Å²) < 4.78 is 39.5. The van der Waals surface area contributed by atoms with Gasteiger partial charge in [-0.3, -0.25) is 4.79 Å². The molecule has 0 saturated carbocycles. The molecule has 142 valence electrons. The maximum absolute atomic E-state index is 13.2. The largest absolute Gasteiger partial charge is 0.416 e. The number of nitrogens with two attached hydrogens (primary N) is 1. The van der Waals surface area contributed by atoms with E-state index < -0.39 is 11.7 Å². The predicted molar refractivity (Wildman–Crippen MR) is 99.2 cm³/mol. The molecule has 0 spiro atoms. The third-order valence-corrected chi connectivity index (χ3v) is 4.25. The first-order valence-corrected chi connectivity index (χ1v) is 8.46. The van der Waals surface area contributed by atoms with Gasteiger partial charge in [0.15, 0.2) is 0 Å². The summed E-state index contributed by atoms with van der Waals surface area (Å²) in [5, 5.41) is 3.84. The number of halogens is 3. The fraction of sp³-hybridized carbons (Fsp3) is 0.263. The van der Waals surface area contributed by atoms with Gasteiger partial charge in [0.2, 0.25) is 0 Å². The van der Waals surface area contributed by atoms with E-state index in [-0.39, 0.29) is 22.6 Å². The van der Waals surface area contributed by atoms with Gasteiger partial charge in [-0.2, -0.15) is 13.2 Å². The van der Waals surface area contributed by atoms with Crippen molar-refractivity contribution < 1.29 is 13.2 Å². The minimum absolute atomic E-state index is 0.125. The van der Waals surface area contributed by atoms with Crippen LogP contribution in [-0.4, -0.2) is 16.5 Å². The Kier molecular flexibility index (Phi) is 5.18. The summed E-state index contributed by atoms with van der Waals surface area (Å²) in [4.78, 5) is 19.3. The van der Waals surface area contributed by atoms with Crippen molar-refractivity contribution in [3.63, 3.8) is 0 Å². The highest BCUT2D eigenvalue weighted by Crippen LogP contribution is 2.34. The van der Waals surface area contributed by atoms with Gasteiger partial charge < -0.3 is 16.0 Å². The summed E-state index contributed by atoms with van der Waals surface area (Å²) in [6.45, 7) is 1.89. The first-order valence-electron chi connectivity index (χ1n) is 8.46. The molecule has 0 aliphatic rings. The maximum Gasteiger partial charge on any atom is 0.416 e. The molecule has 0 aliphatic carbocycles. The zero-order valence-electron chi connectivity index (χ0n) is 14.7. The molecule has 0 amide bonds. The van der Waals surface area contributed by atoms with Gasteiger partial charge in [-0.1, -0.05) is 6.07 Å². The molecule has 4 N–H and O–H groups in total. The number of aryl methyl sites for hydroxylation is 2. The van der Waals surface area contributed by atoms with Crippen LogP contribution >= 0.6 is 0 Å². The minimum atomic E-state index is -4.46. The van der Waals surface area contributed by atoms with E-state index in [1.54, 1.807) is 12.1 Å². The number of benzene rings is 1. The molecule has 0 radical (unpaired) electrons. The summed E-state index contributed by atoms with van der Waals surface area (Å²) in [6, 6.07) is 7.46. The van der Waals surface area contributed by atoms with Crippen LogP contribution in [-0.2, 0) is 12.6 Å². The lowest BCUT2D eigenvalue weighted by Crippen LogP contribution is -2.11. The summed E-state index contributed by atoms with van der Waals surface area (Å²) in [7, 11) is 0. The number of anilines is 2. The second-order valence-electron chi connectivity index (χ2n) is 6.28. The number of alkyl halides is 3. The van der Waals surface area contributed by atoms with Crippen molar-refractivity contribution >= 4 is 22.3 Å². The van der Waals surface area contributed by atoms with Gasteiger partial charge in [0.25, 0.3) is 5.56 Å². The third-order valence-electron chi connectivity index (χ3n) is 4.25. The van der Waals surface area contributed by atoms with E-state index in [9.17, 15) is 18.0 Å². The fourth-order valence-corrected chi connectivity index (χ4v) is 2.91. The topological polar surface area (TPSA) is 83.8 Å². The normalized spacial score (nSPS) is 11.7. The number of aromatic amines is 1. The number of rotatable bonds is 5. The average Bonchev–Trinajstić information content (AvgIpc) is 2.60. The van der Waals surface area contributed by atoms with E-state index in [2.05, 4.69) is 15.3 Å². The van der Waals surface area contributed by atoms with Crippen LogP contribution in [0.2, 0.25) is 0 Å². The minimum Gasteiger partial charge on any atom is -0.340 e. The highest BCUT2D eigenvalue weighted by Gasteiger charge is 2.32. The molecule has 0 bridgehead atoms. The van der Waals surface area contributed by atoms with Crippen LogP contribution in [0.15, 0.2) is 41.3 Å². The predicted octanol–water partition coefficient (Wildman–Crippen LogP) is 3.89. The molecule has 0 atom stereocenters. The number of aromatic nitrogens is 2. The van der Waals surface area contributed by atoms with Crippen molar-refractivity contribution in [1.29, 1.82) is 0 Å². The Labute approximate surface area is 153 Å². The Hall–Kier alpha value is -2.87. The maximum atomic E-state index is 13.2. The second-order valence-corrected chi connectivity index (χ2v) is 6.28. The Bertz CT molecular complexity index is 1030. The zero-order chi connectivity index (χ0) is 19.6. The Morgan fingerprint density at radius 1 is 1.22 bits per heavy atom. The monoisotopic (exact) mass is 376 g/mol. The molecule has 0 fully saturated rings. The van der Waals surface area contributed by atoms with Gasteiger partial charge in [-0.25, -0.2) is 4.98 Å². The molecular weight excluding hydrogens is 357 g/mol. The van der Waals surface area contributed by atoms with Gasteiger partial charge in [-0.05, 0) is 61.5 Å². The average molecular weight is 376 g/mol. The standard InChI is InChI=1S/C19H19F3N4O/c1-11-4-5-14(10-15(11)19(20,21)22)26-17-16-12(6-8-24-18(16)27)9-13(25-17)3-2-7-23/h4-6,8-10H,2-3,7,23H2,1H3,(H,24,27)(H,25,26). The first kappa shape index (κ1) is 18.9. The zero-order valence-corrected chi connectivity index (χ0v) is 14.7. The van der Waals surface area contributed by atoms with E-state index in [1.165, 1.54) is 25.3 Å². The van der Waals surface area contributed by atoms with Crippen LogP contribution in [0.4, 0.5) is 24.7 Å². The van der Waals surface area contributed by atoms with Crippen LogP contribution in [0.1, 0.15) is 23.2 Å². The number of hydrogen-bond acceptors (Lipinski definition) is 4. The van der Waals surface area contributed by atoms with E-state index >= 15 is 0 Å². The summed E-state index contributed by atoms with van der Waals surface area (Å²) in [5.41, 5.74) is 5.49. The van der Waals surface area contributed by atoms with E-state index in [1.807, 2.05) is 0 Å². The van der Waals surface area contributed by atoms with Gasteiger partial charge >= 0.3 is 6.18 Å². The number of hydrogen-bond donors (Lipinski definition) is 3. The molecule has 5 nitrogen and oxygen atoms in total. The fourth-order valence-electron chi connectivity index (χ4n) is 2.91. The van der Waals surface area contributed by atoms with Gasteiger partial charge in [-0.15, -0.1) is 0 Å². The Morgan fingerprint density at radius 3 is 2.70 bits per heavy atom. The number of fused-ring (bicyclic) bond motifs is 1. The molecule has 0 saturated heterocycles. The van der Waals surface area contributed by atoms with Crippen LogP contribution in [0.25, 0.3) is 10.8 Å². The molecule has 27 heavy (non-hydrogen) atoms. The third kappa shape index (κ3) is 4.11. The molecule has 0 unspecified atom stereocenters. The van der Waals surface area contributed by atoms with Crippen molar-refractivity contribution in [3.05, 3.63) is 63.7 Å². The van der Waals surface area contributed by atoms with Gasteiger partial charge in [0, 0.05) is 17.6 Å². The van der Waals surface area contributed by atoms with Crippen molar-refractivity contribution in [2.45, 2.75) is 25.9 Å². The second kappa shape index (κ2) is 7.40. The van der Waals surface area contributed by atoms with Gasteiger partial charge in [0.05, 0.1) is 10.9 Å². The molecule has 1 aromatic carbocycles. The van der Waals surface area contributed by atoms with Crippen LogP contribution in [0.5, 0.6) is 0 Å².